The van der Waals surface area contributed by atoms with Crippen molar-refractivity contribution in [1.29, 1.82) is 0 Å². The molecule has 3 atom stereocenters. The summed E-state index contributed by atoms with van der Waals surface area (Å²) in [6, 6.07) is 2.77. The third kappa shape index (κ3) is 4.17. The lowest BCUT2D eigenvalue weighted by molar-refractivity contribution is -0.274. The number of carbonyl (C=O) groups excluding carboxylic acids is 1. The molecule has 4 nitrogen and oxygen atoms in total. The number of hydrogen-bond donors (Lipinski definition) is 0. The van der Waals surface area contributed by atoms with E-state index in [2.05, 4.69) is 9.47 Å². The molecule has 0 radical (unpaired) electrons. The number of benzene rings is 1. The fourth-order valence-electron chi connectivity index (χ4n) is 2.73. The first kappa shape index (κ1) is 20.6. The van der Waals surface area contributed by atoms with Crippen molar-refractivity contribution in [2.75, 3.05) is 7.11 Å². The first-order chi connectivity index (χ1) is 11.8. The smallest absolute Gasteiger partial charge is 0.467 e. The number of ether oxygens (including phenoxy) is 3. The second-order valence-electron chi connectivity index (χ2n) is 5.83. The zero-order valence-electron chi connectivity index (χ0n) is 13.4. The van der Waals surface area contributed by atoms with E-state index < -0.39 is 48.3 Å². The van der Waals surface area contributed by atoms with Crippen LogP contribution < -0.4 is 4.74 Å². The molecule has 0 N–H and O–H groups in total. The topological polar surface area (TPSA) is 44.8 Å². The van der Waals surface area contributed by atoms with Gasteiger partial charge in [0.2, 0.25) is 0 Å². The van der Waals surface area contributed by atoms with E-state index in [-0.39, 0.29) is 10.6 Å². The number of alkyl halides is 6. The van der Waals surface area contributed by atoms with Crippen molar-refractivity contribution in [3.8, 4) is 5.75 Å². The number of carbonyl (C=O) groups is 1. The van der Waals surface area contributed by atoms with Crippen LogP contribution in [0.25, 0.3) is 0 Å². The summed E-state index contributed by atoms with van der Waals surface area (Å²) in [5.41, 5.74) is -2.62. The standard InChI is InChI=1S/C15H13ClF6O4/c1-13(14(17,18)19)6-9(11(26-13)12(23)24-2)8-4-3-7(5-10(8)16)25-15(20,21)22/h3-5,9,11H,6H2,1-2H3/t9-,11-,13-/m1/s1. The first-order valence-electron chi connectivity index (χ1n) is 7.15. The van der Waals surface area contributed by atoms with E-state index in [0.717, 1.165) is 32.2 Å². The molecule has 0 saturated carbocycles. The fourth-order valence-corrected chi connectivity index (χ4v) is 3.04. The Hall–Kier alpha value is -1.68. The Balaban J connectivity index is 2.39. The van der Waals surface area contributed by atoms with Crippen LogP contribution in [-0.4, -0.2) is 37.3 Å². The third-order valence-corrected chi connectivity index (χ3v) is 4.33. The summed E-state index contributed by atoms with van der Waals surface area (Å²) in [7, 11) is 0.980. The van der Waals surface area contributed by atoms with Gasteiger partial charge < -0.3 is 14.2 Å². The van der Waals surface area contributed by atoms with E-state index in [0.29, 0.717) is 0 Å². The maximum atomic E-state index is 13.3. The lowest BCUT2D eigenvalue weighted by atomic mass is 9.86. The van der Waals surface area contributed by atoms with E-state index >= 15 is 0 Å². The van der Waals surface area contributed by atoms with Gasteiger partial charge in [0.15, 0.2) is 11.7 Å². The van der Waals surface area contributed by atoms with Gasteiger partial charge in [-0.3, -0.25) is 0 Å². The summed E-state index contributed by atoms with van der Waals surface area (Å²) in [4.78, 5) is 11.8. The Bertz CT molecular complexity index is 690. The fraction of sp³-hybridized carbons (Fsp3) is 0.533. The predicted molar refractivity (Wildman–Crippen MR) is 76.8 cm³/mol. The molecule has 0 amide bonds. The molecule has 1 saturated heterocycles. The molecule has 0 unspecified atom stereocenters. The maximum Gasteiger partial charge on any atom is 0.573 e. The van der Waals surface area contributed by atoms with Gasteiger partial charge in [-0.05, 0) is 31.0 Å². The Kier molecular flexibility index (Phi) is 5.40. The van der Waals surface area contributed by atoms with Crippen LogP contribution in [0.1, 0.15) is 24.8 Å². The van der Waals surface area contributed by atoms with Gasteiger partial charge in [-0.2, -0.15) is 13.2 Å². The molecular formula is C15H13ClF6O4. The van der Waals surface area contributed by atoms with Crippen LogP contribution in [0.4, 0.5) is 26.3 Å². The molecule has 1 fully saturated rings. The van der Waals surface area contributed by atoms with E-state index in [9.17, 15) is 31.1 Å². The van der Waals surface area contributed by atoms with Crippen LogP contribution in [0.15, 0.2) is 18.2 Å². The highest BCUT2D eigenvalue weighted by Gasteiger charge is 2.61. The Labute approximate surface area is 149 Å². The van der Waals surface area contributed by atoms with Gasteiger partial charge in [-0.15, -0.1) is 13.2 Å². The number of rotatable bonds is 3. The molecule has 2 rings (SSSR count). The molecule has 26 heavy (non-hydrogen) atoms. The summed E-state index contributed by atoms with van der Waals surface area (Å²) in [5, 5.41) is -0.291. The molecule has 0 aliphatic carbocycles. The van der Waals surface area contributed by atoms with Crippen LogP contribution in [0, 0.1) is 0 Å². The lowest BCUT2D eigenvalue weighted by Gasteiger charge is -2.26. The highest BCUT2D eigenvalue weighted by molar-refractivity contribution is 6.31. The predicted octanol–water partition coefficient (Wildman–Crippen LogP) is 4.61. The monoisotopic (exact) mass is 406 g/mol. The summed E-state index contributed by atoms with van der Waals surface area (Å²) >= 11 is 5.92. The Morgan fingerprint density at radius 1 is 1.27 bits per heavy atom. The minimum atomic E-state index is -4.95. The van der Waals surface area contributed by atoms with Crippen molar-refractivity contribution in [2.24, 2.45) is 0 Å². The van der Waals surface area contributed by atoms with Gasteiger partial charge in [-0.1, -0.05) is 17.7 Å². The number of methoxy groups -OCH3 is 1. The van der Waals surface area contributed by atoms with Gasteiger partial charge in [0.25, 0.3) is 0 Å². The molecule has 1 aliphatic rings. The lowest BCUT2D eigenvalue weighted by Crippen LogP contribution is -2.43. The average molecular weight is 407 g/mol. The molecule has 11 heteroatoms. The molecule has 0 bridgehead atoms. The van der Waals surface area contributed by atoms with Gasteiger partial charge in [0.1, 0.15) is 5.75 Å². The molecule has 1 aliphatic heterocycles. The van der Waals surface area contributed by atoms with Crippen LogP contribution in [0.5, 0.6) is 5.75 Å². The SMILES string of the molecule is COC(=O)[C@@H]1O[C@@](C)(C(F)(F)F)C[C@@H]1c1ccc(OC(F)(F)F)cc1Cl. The maximum absolute atomic E-state index is 13.3. The Morgan fingerprint density at radius 3 is 2.35 bits per heavy atom. The zero-order chi connectivity index (χ0) is 19.9. The molecule has 0 aromatic heterocycles. The molecule has 1 heterocycles. The quantitative estimate of drug-likeness (QED) is 0.543. The van der Waals surface area contributed by atoms with Crippen LogP contribution in [-0.2, 0) is 14.3 Å². The minimum Gasteiger partial charge on any atom is -0.467 e. The number of esters is 1. The molecule has 146 valence electrons. The molecule has 1 aromatic rings. The Morgan fingerprint density at radius 2 is 1.88 bits per heavy atom. The van der Waals surface area contributed by atoms with Crippen molar-refractivity contribution in [3.63, 3.8) is 0 Å². The van der Waals surface area contributed by atoms with E-state index in [1.54, 1.807) is 0 Å². The van der Waals surface area contributed by atoms with E-state index in [4.69, 9.17) is 16.3 Å². The van der Waals surface area contributed by atoms with Crippen LogP contribution in [0.3, 0.4) is 0 Å². The van der Waals surface area contributed by atoms with Crippen molar-refractivity contribution in [1.82, 2.24) is 0 Å². The van der Waals surface area contributed by atoms with Crippen LogP contribution >= 0.6 is 11.6 Å². The normalized spacial score (nSPS) is 26.7. The van der Waals surface area contributed by atoms with Crippen molar-refractivity contribution >= 4 is 17.6 Å². The van der Waals surface area contributed by atoms with Crippen molar-refractivity contribution < 1.29 is 45.3 Å². The van der Waals surface area contributed by atoms with Gasteiger partial charge in [-0.25, -0.2) is 4.79 Å². The second kappa shape index (κ2) is 6.80. The summed E-state index contributed by atoms with van der Waals surface area (Å²) in [5.74, 6) is -2.85. The minimum absolute atomic E-state index is 0.0181. The molecule has 0 spiro atoms. The molecule has 1 aromatic carbocycles. The molecular weight excluding hydrogens is 394 g/mol. The highest BCUT2D eigenvalue weighted by atomic mass is 35.5. The largest absolute Gasteiger partial charge is 0.573 e. The van der Waals surface area contributed by atoms with E-state index in [1.165, 1.54) is 0 Å². The van der Waals surface area contributed by atoms with Gasteiger partial charge in [0, 0.05) is 10.9 Å². The summed E-state index contributed by atoms with van der Waals surface area (Å²) in [6.07, 6.45) is -12.0. The van der Waals surface area contributed by atoms with Crippen molar-refractivity contribution in [3.05, 3.63) is 28.8 Å². The average Bonchev–Trinajstić information content (AvgIpc) is 2.83. The number of hydrogen-bond acceptors (Lipinski definition) is 4. The zero-order valence-corrected chi connectivity index (χ0v) is 14.1. The third-order valence-electron chi connectivity index (χ3n) is 4.00. The van der Waals surface area contributed by atoms with Gasteiger partial charge in [0.05, 0.1) is 7.11 Å². The van der Waals surface area contributed by atoms with Crippen LogP contribution in [0.2, 0.25) is 5.02 Å². The first-order valence-corrected chi connectivity index (χ1v) is 7.53. The second-order valence-corrected chi connectivity index (χ2v) is 6.24. The summed E-state index contributed by atoms with van der Waals surface area (Å²) in [6.45, 7) is 0.776. The summed E-state index contributed by atoms with van der Waals surface area (Å²) < 4.78 is 89.7. The van der Waals surface area contributed by atoms with Crippen molar-refractivity contribution in [2.45, 2.75) is 43.5 Å². The highest BCUT2D eigenvalue weighted by Crippen LogP contribution is 2.50. The van der Waals surface area contributed by atoms with E-state index in [1.807, 2.05) is 0 Å². The van der Waals surface area contributed by atoms with Gasteiger partial charge >= 0.3 is 18.5 Å². The number of halogens is 7.